The Morgan fingerprint density at radius 3 is 2.78 bits per heavy atom. The number of carbonyl (C=O) groups is 1. The first-order chi connectivity index (χ1) is 8.60. The molecule has 0 aliphatic heterocycles. The minimum Gasteiger partial charge on any atom is -0.478 e. The van der Waals surface area contributed by atoms with Gasteiger partial charge in [-0.25, -0.2) is 9.78 Å². The van der Waals surface area contributed by atoms with E-state index in [1.807, 2.05) is 13.8 Å². The Labute approximate surface area is 107 Å². The highest BCUT2D eigenvalue weighted by molar-refractivity contribution is 5.88. The van der Waals surface area contributed by atoms with Gasteiger partial charge in [0, 0.05) is 5.69 Å². The number of anilines is 1. The van der Waals surface area contributed by atoms with E-state index in [4.69, 9.17) is 11.5 Å². The maximum atomic E-state index is 11.0. The van der Waals surface area contributed by atoms with Crippen LogP contribution < -0.4 is 5.32 Å². The zero-order valence-electron chi connectivity index (χ0n) is 10.7. The van der Waals surface area contributed by atoms with E-state index in [2.05, 4.69) is 16.2 Å². The standard InChI is InChI=1S/C14H18N2O2/c1-4-7-11(5-2)15-13-9-10(14(17)18)8-12(6-3)16-13/h2,8-9,11H,4,6-7H2,1,3H3,(H,15,16)(H,17,18). The van der Waals surface area contributed by atoms with Crippen LogP contribution in [0.2, 0.25) is 0 Å². The highest BCUT2D eigenvalue weighted by Crippen LogP contribution is 2.13. The third kappa shape index (κ3) is 3.77. The molecule has 0 saturated carbocycles. The minimum absolute atomic E-state index is 0.115. The third-order valence-electron chi connectivity index (χ3n) is 2.59. The van der Waals surface area contributed by atoms with Gasteiger partial charge in [-0.2, -0.15) is 0 Å². The molecule has 1 heterocycles. The predicted molar refractivity (Wildman–Crippen MR) is 71.7 cm³/mol. The molecule has 1 aromatic rings. The number of nitrogens with zero attached hydrogens (tertiary/aromatic N) is 1. The number of nitrogens with one attached hydrogen (secondary N) is 1. The van der Waals surface area contributed by atoms with E-state index in [9.17, 15) is 4.79 Å². The summed E-state index contributed by atoms with van der Waals surface area (Å²) in [4.78, 5) is 15.3. The average Bonchev–Trinajstić information content (AvgIpc) is 2.37. The molecule has 1 atom stereocenters. The molecule has 0 spiro atoms. The summed E-state index contributed by atoms with van der Waals surface area (Å²) in [5.74, 6) is 2.21. The van der Waals surface area contributed by atoms with Crippen LogP contribution in [0.1, 0.15) is 42.7 Å². The summed E-state index contributed by atoms with van der Waals surface area (Å²) in [6.07, 6.45) is 7.89. The molecule has 0 fully saturated rings. The van der Waals surface area contributed by atoms with Gasteiger partial charge >= 0.3 is 5.97 Å². The van der Waals surface area contributed by atoms with E-state index in [1.54, 1.807) is 6.07 Å². The Bertz CT molecular complexity index is 463. The number of terminal acetylenes is 1. The number of aromatic nitrogens is 1. The molecule has 0 bridgehead atoms. The Hall–Kier alpha value is -2.02. The Morgan fingerprint density at radius 2 is 2.28 bits per heavy atom. The van der Waals surface area contributed by atoms with Gasteiger partial charge in [-0.1, -0.05) is 26.2 Å². The van der Waals surface area contributed by atoms with Crippen LogP contribution in [0.15, 0.2) is 12.1 Å². The molecule has 0 aromatic carbocycles. The van der Waals surface area contributed by atoms with Crippen molar-refractivity contribution in [1.82, 2.24) is 4.98 Å². The molecule has 96 valence electrons. The summed E-state index contributed by atoms with van der Waals surface area (Å²) in [5, 5.41) is 12.1. The minimum atomic E-state index is -0.956. The van der Waals surface area contributed by atoms with E-state index >= 15 is 0 Å². The Kier molecular flexibility index (Phi) is 5.19. The number of carboxylic acid groups (broad SMARTS) is 1. The van der Waals surface area contributed by atoms with Crippen molar-refractivity contribution in [1.29, 1.82) is 0 Å². The molecule has 0 aliphatic carbocycles. The fourth-order valence-electron chi connectivity index (χ4n) is 1.63. The quantitative estimate of drug-likeness (QED) is 0.757. The second-order valence-corrected chi connectivity index (χ2v) is 4.04. The first-order valence-electron chi connectivity index (χ1n) is 6.07. The SMILES string of the molecule is C#CC(CCC)Nc1cc(C(=O)O)cc(CC)n1. The van der Waals surface area contributed by atoms with Crippen LogP contribution in [0.3, 0.4) is 0 Å². The van der Waals surface area contributed by atoms with Crippen molar-refractivity contribution in [3.63, 3.8) is 0 Å². The van der Waals surface area contributed by atoms with E-state index in [-0.39, 0.29) is 11.6 Å². The number of aromatic carboxylic acids is 1. The highest BCUT2D eigenvalue weighted by Gasteiger charge is 2.10. The number of aryl methyl sites for hydroxylation is 1. The van der Waals surface area contributed by atoms with E-state index in [0.717, 1.165) is 18.5 Å². The van der Waals surface area contributed by atoms with Gasteiger partial charge in [0.2, 0.25) is 0 Å². The lowest BCUT2D eigenvalue weighted by molar-refractivity contribution is 0.0696. The highest BCUT2D eigenvalue weighted by atomic mass is 16.4. The third-order valence-corrected chi connectivity index (χ3v) is 2.59. The average molecular weight is 246 g/mol. The van der Waals surface area contributed by atoms with Gasteiger partial charge < -0.3 is 10.4 Å². The molecule has 0 aliphatic rings. The summed E-state index contributed by atoms with van der Waals surface area (Å²) < 4.78 is 0. The van der Waals surface area contributed by atoms with Gasteiger partial charge in [0.25, 0.3) is 0 Å². The summed E-state index contributed by atoms with van der Waals surface area (Å²) in [6, 6.07) is 2.98. The van der Waals surface area contributed by atoms with Gasteiger partial charge in [-0.15, -0.1) is 6.42 Å². The van der Waals surface area contributed by atoms with Gasteiger partial charge in [0.1, 0.15) is 5.82 Å². The van der Waals surface area contributed by atoms with Crippen molar-refractivity contribution in [2.75, 3.05) is 5.32 Å². The number of rotatable bonds is 6. The largest absolute Gasteiger partial charge is 0.478 e. The molecule has 1 rings (SSSR count). The molecule has 1 unspecified atom stereocenters. The maximum Gasteiger partial charge on any atom is 0.335 e. The Morgan fingerprint density at radius 1 is 1.56 bits per heavy atom. The smallest absolute Gasteiger partial charge is 0.335 e. The monoisotopic (exact) mass is 246 g/mol. The van der Waals surface area contributed by atoms with Gasteiger partial charge in [0.15, 0.2) is 0 Å². The fraction of sp³-hybridized carbons (Fsp3) is 0.429. The lowest BCUT2D eigenvalue weighted by Gasteiger charge is -2.14. The van der Waals surface area contributed by atoms with Crippen LogP contribution in [0.4, 0.5) is 5.82 Å². The first kappa shape index (κ1) is 14.0. The topological polar surface area (TPSA) is 62.2 Å². The maximum absolute atomic E-state index is 11.0. The van der Waals surface area contributed by atoms with Crippen molar-refractivity contribution in [2.24, 2.45) is 0 Å². The number of carboxylic acids is 1. The van der Waals surface area contributed by atoms with Crippen molar-refractivity contribution in [3.05, 3.63) is 23.4 Å². The van der Waals surface area contributed by atoms with Gasteiger partial charge in [0.05, 0.1) is 11.6 Å². The molecule has 0 radical (unpaired) electrons. The van der Waals surface area contributed by atoms with Crippen LogP contribution >= 0.6 is 0 Å². The van der Waals surface area contributed by atoms with Gasteiger partial charge in [-0.3, -0.25) is 0 Å². The second kappa shape index (κ2) is 6.65. The lowest BCUT2D eigenvalue weighted by Crippen LogP contribution is -2.18. The Balaban J connectivity index is 2.97. The van der Waals surface area contributed by atoms with E-state index < -0.39 is 5.97 Å². The summed E-state index contributed by atoms with van der Waals surface area (Å²) in [6.45, 7) is 3.98. The summed E-state index contributed by atoms with van der Waals surface area (Å²) in [5.41, 5.74) is 0.973. The zero-order chi connectivity index (χ0) is 13.5. The van der Waals surface area contributed by atoms with Crippen LogP contribution in [0.25, 0.3) is 0 Å². The van der Waals surface area contributed by atoms with Crippen molar-refractivity contribution in [2.45, 2.75) is 39.2 Å². The van der Waals surface area contributed by atoms with Crippen LogP contribution in [0.5, 0.6) is 0 Å². The molecule has 2 N–H and O–H groups in total. The molecule has 0 amide bonds. The number of pyridine rings is 1. The summed E-state index contributed by atoms with van der Waals surface area (Å²) in [7, 11) is 0. The lowest BCUT2D eigenvalue weighted by atomic mass is 10.1. The van der Waals surface area contributed by atoms with Crippen molar-refractivity contribution < 1.29 is 9.90 Å². The molecule has 0 saturated heterocycles. The molecular weight excluding hydrogens is 228 g/mol. The fourth-order valence-corrected chi connectivity index (χ4v) is 1.63. The number of hydrogen-bond donors (Lipinski definition) is 2. The predicted octanol–water partition coefficient (Wildman–Crippen LogP) is 2.56. The van der Waals surface area contributed by atoms with E-state index in [0.29, 0.717) is 12.2 Å². The zero-order valence-corrected chi connectivity index (χ0v) is 10.7. The van der Waals surface area contributed by atoms with Crippen LogP contribution in [0, 0.1) is 12.3 Å². The first-order valence-corrected chi connectivity index (χ1v) is 6.07. The van der Waals surface area contributed by atoms with Crippen LogP contribution in [-0.4, -0.2) is 22.1 Å². The number of hydrogen-bond acceptors (Lipinski definition) is 3. The van der Waals surface area contributed by atoms with Crippen molar-refractivity contribution in [3.8, 4) is 12.3 Å². The van der Waals surface area contributed by atoms with E-state index in [1.165, 1.54) is 6.07 Å². The molecule has 1 aromatic heterocycles. The molecule has 4 nitrogen and oxygen atoms in total. The van der Waals surface area contributed by atoms with Crippen molar-refractivity contribution >= 4 is 11.8 Å². The second-order valence-electron chi connectivity index (χ2n) is 4.04. The summed E-state index contributed by atoms with van der Waals surface area (Å²) >= 11 is 0. The molecular formula is C14H18N2O2. The normalized spacial score (nSPS) is 11.6. The molecule has 18 heavy (non-hydrogen) atoms. The molecule has 4 heteroatoms. The van der Waals surface area contributed by atoms with Gasteiger partial charge in [-0.05, 0) is 25.0 Å². The van der Waals surface area contributed by atoms with Crippen LogP contribution in [-0.2, 0) is 6.42 Å².